The zero-order valence-electron chi connectivity index (χ0n) is 11.3. The summed E-state index contributed by atoms with van der Waals surface area (Å²) in [6.07, 6.45) is -1.44. The minimum absolute atomic E-state index is 0.192. The van der Waals surface area contributed by atoms with E-state index in [1.54, 1.807) is 26.0 Å². The highest BCUT2D eigenvalue weighted by Gasteiger charge is 2.48. The monoisotopic (exact) mass is 286 g/mol. The van der Waals surface area contributed by atoms with Crippen LogP contribution in [0.1, 0.15) is 26.3 Å². The number of hydrogen-bond acceptors (Lipinski definition) is 3. The Hall–Kier alpha value is -0.540. The lowest BCUT2D eigenvalue weighted by atomic mass is 9.82. The SMILES string of the molecule is CC1OC(C(C)(O)c2ccc(F)c(P)c2)C(C)C1O. The van der Waals surface area contributed by atoms with Gasteiger partial charge in [0.2, 0.25) is 0 Å². The Bertz CT molecular complexity index is 478. The van der Waals surface area contributed by atoms with E-state index in [2.05, 4.69) is 9.24 Å². The van der Waals surface area contributed by atoms with Crippen LogP contribution in [0.3, 0.4) is 0 Å². The van der Waals surface area contributed by atoms with Gasteiger partial charge < -0.3 is 14.9 Å². The number of hydrogen-bond donors (Lipinski definition) is 2. The Morgan fingerprint density at radius 1 is 1.37 bits per heavy atom. The first-order valence-electron chi connectivity index (χ1n) is 6.36. The van der Waals surface area contributed by atoms with Gasteiger partial charge in [-0.05, 0) is 31.5 Å². The van der Waals surface area contributed by atoms with Gasteiger partial charge in [-0.15, -0.1) is 9.24 Å². The van der Waals surface area contributed by atoms with Crippen molar-refractivity contribution < 1.29 is 19.3 Å². The predicted octanol–water partition coefficient (Wildman–Crippen LogP) is 1.32. The summed E-state index contributed by atoms with van der Waals surface area (Å²) in [6.45, 7) is 5.26. The quantitative estimate of drug-likeness (QED) is 0.806. The van der Waals surface area contributed by atoms with Gasteiger partial charge >= 0.3 is 0 Å². The van der Waals surface area contributed by atoms with Gasteiger partial charge in [-0.3, -0.25) is 0 Å². The average molecular weight is 286 g/mol. The average Bonchev–Trinajstić information content (AvgIpc) is 2.61. The predicted molar refractivity (Wildman–Crippen MR) is 74.8 cm³/mol. The molecule has 1 aromatic rings. The molecular formula is C14H20FO3P. The molecule has 0 saturated carbocycles. The van der Waals surface area contributed by atoms with Crippen LogP contribution in [-0.2, 0) is 10.3 Å². The topological polar surface area (TPSA) is 49.7 Å². The fourth-order valence-electron chi connectivity index (χ4n) is 2.71. The third-order valence-corrected chi connectivity index (χ3v) is 4.44. The van der Waals surface area contributed by atoms with E-state index in [9.17, 15) is 14.6 Å². The van der Waals surface area contributed by atoms with Gasteiger partial charge in [0.25, 0.3) is 0 Å². The normalized spacial score (nSPS) is 34.3. The highest BCUT2D eigenvalue weighted by Crippen LogP contribution is 2.38. The lowest BCUT2D eigenvalue weighted by Crippen LogP contribution is -2.41. The van der Waals surface area contributed by atoms with Crippen molar-refractivity contribution in [3.63, 3.8) is 0 Å². The van der Waals surface area contributed by atoms with Crippen LogP contribution in [0.25, 0.3) is 0 Å². The molecule has 1 aliphatic heterocycles. The van der Waals surface area contributed by atoms with E-state index in [0.29, 0.717) is 10.9 Å². The molecule has 1 aromatic carbocycles. The van der Waals surface area contributed by atoms with Crippen molar-refractivity contribution in [3.8, 4) is 0 Å². The molecule has 0 bridgehead atoms. The number of benzene rings is 1. The van der Waals surface area contributed by atoms with Crippen LogP contribution in [0, 0.1) is 11.7 Å². The van der Waals surface area contributed by atoms with Crippen molar-refractivity contribution in [1.82, 2.24) is 0 Å². The lowest BCUT2D eigenvalue weighted by molar-refractivity contribution is -0.106. The lowest BCUT2D eigenvalue weighted by Gasteiger charge is -2.33. The standard InChI is InChI=1S/C14H20FO3P/c1-7-12(16)8(2)18-13(7)14(3,17)9-4-5-10(15)11(19)6-9/h4-8,12-13,16-17H,19H2,1-3H3. The summed E-state index contributed by atoms with van der Waals surface area (Å²) in [4.78, 5) is 0. The second kappa shape index (κ2) is 5.10. The zero-order valence-corrected chi connectivity index (χ0v) is 12.5. The largest absolute Gasteiger partial charge is 0.390 e. The second-order valence-corrected chi connectivity index (χ2v) is 6.12. The minimum Gasteiger partial charge on any atom is -0.390 e. The minimum atomic E-state index is -1.27. The number of halogens is 1. The fraction of sp³-hybridized carbons (Fsp3) is 0.571. The van der Waals surface area contributed by atoms with E-state index in [0.717, 1.165) is 0 Å². The molecule has 1 fully saturated rings. The summed E-state index contributed by atoms with van der Waals surface area (Å²) in [5, 5.41) is 21.1. The molecule has 1 aliphatic rings. The summed E-state index contributed by atoms with van der Waals surface area (Å²) in [5.74, 6) is -0.527. The Morgan fingerprint density at radius 2 is 2.00 bits per heavy atom. The van der Waals surface area contributed by atoms with E-state index < -0.39 is 17.8 Å². The molecule has 5 heteroatoms. The van der Waals surface area contributed by atoms with Crippen molar-refractivity contribution >= 4 is 14.5 Å². The third kappa shape index (κ3) is 2.55. The van der Waals surface area contributed by atoms with Crippen LogP contribution < -0.4 is 5.30 Å². The Balaban J connectivity index is 2.34. The van der Waals surface area contributed by atoms with Gasteiger partial charge in [-0.2, -0.15) is 0 Å². The van der Waals surface area contributed by atoms with Crippen LogP contribution in [0.5, 0.6) is 0 Å². The number of ether oxygens (including phenoxy) is 1. The summed E-state index contributed by atoms with van der Waals surface area (Å²) in [7, 11) is 2.30. The van der Waals surface area contributed by atoms with Gasteiger partial charge in [-0.1, -0.05) is 13.0 Å². The highest BCUT2D eigenvalue weighted by molar-refractivity contribution is 7.27. The van der Waals surface area contributed by atoms with Crippen molar-refractivity contribution in [2.75, 3.05) is 0 Å². The first kappa shape index (κ1) is 14.9. The summed E-state index contributed by atoms with van der Waals surface area (Å²) in [5.41, 5.74) is -0.693. The first-order valence-corrected chi connectivity index (χ1v) is 6.94. The third-order valence-electron chi connectivity index (χ3n) is 3.99. The van der Waals surface area contributed by atoms with Gasteiger partial charge in [0, 0.05) is 11.2 Å². The maximum atomic E-state index is 13.3. The smallest absolute Gasteiger partial charge is 0.130 e. The van der Waals surface area contributed by atoms with Crippen molar-refractivity contribution in [2.24, 2.45) is 5.92 Å². The summed E-state index contributed by atoms with van der Waals surface area (Å²) < 4.78 is 19.0. The van der Waals surface area contributed by atoms with Gasteiger partial charge in [-0.25, -0.2) is 4.39 Å². The first-order chi connectivity index (χ1) is 8.75. The van der Waals surface area contributed by atoms with Crippen molar-refractivity contribution in [1.29, 1.82) is 0 Å². The van der Waals surface area contributed by atoms with Crippen LogP contribution in [0.15, 0.2) is 18.2 Å². The molecule has 0 amide bonds. The second-order valence-electron chi connectivity index (χ2n) is 5.50. The van der Waals surface area contributed by atoms with E-state index in [1.165, 1.54) is 6.07 Å². The maximum Gasteiger partial charge on any atom is 0.130 e. The molecule has 6 atom stereocenters. The van der Waals surface area contributed by atoms with Crippen LogP contribution in [0.4, 0.5) is 4.39 Å². The zero-order chi connectivity index (χ0) is 14.4. The summed E-state index contributed by atoms with van der Waals surface area (Å²) >= 11 is 0. The molecular weight excluding hydrogens is 266 g/mol. The molecule has 106 valence electrons. The van der Waals surface area contributed by atoms with E-state index in [4.69, 9.17) is 4.74 Å². The van der Waals surface area contributed by atoms with Gasteiger partial charge in [0.1, 0.15) is 11.4 Å². The molecule has 6 unspecified atom stereocenters. The van der Waals surface area contributed by atoms with Crippen molar-refractivity contribution in [2.45, 2.75) is 44.7 Å². The molecule has 2 N–H and O–H groups in total. The molecule has 0 aromatic heterocycles. The molecule has 1 saturated heterocycles. The Labute approximate surface area is 115 Å². The fourth-order valence-corrected chi connectivity index (χ4v) is 2.99. The van der Waals surface area contributed by atoms with Crippen LogP contribution in [-0.4, -0.2) is 28.5 Å². The van der Waals surface area contributed by atoms with Crippen LogP contribution in [0.2, 0.25) is 0 Å². The number of aliphatic hydroxyl groups is 2. The van der Waals surface area contributed by atoms with Gasteiger partial charge in [0.05, 0.1) is 18.3 Å². The van der Waals surface area contributed by atoms with E-state index >= 15 is 0 Å². The van der Waals surface area contributed by atoms with E-state index in [1.807, 2.05) is 6.92 Å². The molecule has 19 heavy (non-hydrogen) atoms. The van der Waals surface area contributed by atoms with Crippen LogP contribution >= 0.6 is 9.24 Å². The van der Waals surface area contributed by atoms with Crippen molar-refractivity contribution in [3.05, 3.63) is 29.6 Å². The maximum absolute atomic E-state index is 13.3. The molecule has 2 rings (SSSR count). The molecule has 0 spiro atoms. The van der Waals surface area contributed by atoms with Gasteiger partial charge in [0.15, 0.2) is 0 Å². The summed E-state index contributed by atoms with van der Waals surface area (Å²) in [6, 6.07) is 4.46. The van der Waals surface area contributed by atoms with E-state index in [-0.39, 0.29) is 17.8 Å². The number of aliphatic hydroxyl groups excluding tert-OH is 1. The molecule has 3 nitrogen and oxygen atoms in total. The Kier molecular flexibility index (Phi) is 3.99. The molecule has 1 heterocycles. The number of rotatable bonds is 2. The highest BCUT2D eigenvalue weighted by atomic mass is 31.0. The molecule has 0 radical (unpaired) electrons. The Morgan fingerprint density at radius 3 is 2.47 bits per heavy atom. The molecule has 0 aliphatic carbocycles.